The van der Waals surface area contributed by atoms with Crippen molar-refractivity contribution in [1.29, 1.82) is 0 Å². The summed E-state index contributed by atoms with van der Waals surface area (Å²) in [5.74, 6) is 0.842. The molecule has 1 saturated carbocycles. The topological polar surface area (TPSA) is 21.4 Å². The SMILES string of the molecule is [C-]#[N+]c1c(C2CCCCC2)c(C(C)C)cc2c1oc1c(-c3cccc[n+]3C)c(C)ccc12. The van der Waals surface area contributed by atoms with E-state index in [1.54, 1.807) is 0 Å². The van der Waals surface area contributed by atoms with E-state index in [4.69, 9.17) is 11.0 Å². The Balaban J connectivity index is 1.88. The molecule has 4 aromatic rings. The summed E-state index contributed by atoms with van der Waals surface area (Å²) in [5, 5.41) is 2.18. The van der Waals surface area contributed by atoms with E-state index in [2.05, 4.69) is 73.8 Å². The zero-order valence-electron chi connectivity index (χ0n) is 19.5. The van der Waals surface area contributed by atoms with E-state index >= 15 is 0 Å². The molecule has 162 valence electrons. The number of rotatable bonds is 3. The summed E-state index contributed by atoms with van der Waals surface area (Å²) in [6.07, 6.45) is 8.25. The smallest absolute Gasteiger partial charge is 0.233 e. The lowest BCUT2D eigenvalue weighted by molar-refractivity contribution is -0.660. The average Bonchev–Trinajstić information content (AvgIpc) is 3.17. The van der Waals surface area contributed by atoms with Crippen LogP contribution in [0, 0.1) is 13.5 Å². The molecule has 32 heavy (non-hydrogen) atoms. The molecule has 0 N–H and O–H groups in total. The van der Waals surface area contributed by atoms with Crippen LogP contribution >= 0.6 is 0 Å². The molecular weight excluding hydrogens is 392 g/mol. The highest BCUT2D eigenvalue weighted by atomic mass is 16.3. The highest BCUT2D eigenvalue weighted by molar-refractivity contribution is 6.13. The Labute approximate surface area is 190 Å². The van der Waals surface area contributed by atoms with Crippen molar-refractivity contribution in [2.75, 3.05) is 0 Å². The first-order valence-corrected chi connectivity index (χ1v) is 11.9. The normalized spacial score (nSPS) is 15.0. The van der Waals surface area contributed by atoms with E-state index in [0.29, 0.717) is 11.8 Å². The minimum Gasteiger partial charge on any atom is -0.466 e. The third-order valence-corrected chi connectivity index (χ3v) is 7.24. The summed E-state index contributed by atoms with van der Waals surface area (Å²) in [7, 11) is 2.07. The molecule has 3 heteroatoms. The zero-order valence-corrected chi connectivity index (χ0v) is 19.5. The molecule has 0 radical (unpaired) electrons. The highest BCUT2D eigenvalue weighted by Crippen LogP contribution is 2.48. The van der Waals surface area contributed by atoms with E-state index in [9.17, 15) is 0 Å². The van der Waals surface area contributed by atoms with Crippen molar-refractivity contribution < 1.29 is 8.98 Å². The number of fused-ring (bicyclic) bond motifs is 3. The molecule has 0 atom stereocenters. The summed E-state index contributed by atoms with van der Waals surface area (Å²) in [6.45, 7) is 14.8. The second-order valence-electron chi connectivity index (χ2n) is 9.64. The lowest BCUT2D eigenvalue weighted by atomic mass is 9.78. The summed E-state index contributed by atoms with van der Waals surface area (Å²) in [4.78, 5) is 4.11. The quantitative estimate of drug-likeness (QED) is 0.241. The van der Waals surface area contributed by atoms with Crippen LogP contribution in [-0.2, 0) is 7.05 Å². The van der Waals surface area contributed by atoms with Crippen molar-refractivity contribution in [3.05, 3.63) is 70.7 Å². The van der Waals surface area contributed by atoms with Crippen LogP contribution in [0.5, 0.6) is 0 Å². The molecule has 3 nitrogen and oxygen atoms in total. The Bertz CT molecular complexity index is 1360. The minimum atomic E-state index is 0.374. The standard InChI is InChI=1S/C29H31N2O/c1-18(2)22-17-23-21-15-14-19(3)25(24-13-9-10-16-31(24)5)28(21)32-29(23)27(30-4)26(22)20-11-7-6-8-12-20/h9-10,13-18,20H,6-8,11-12H2,1-3,5H3/q+1. The van der Waals surface area contributed by atoms with Crippen molar-refractivity contribution in [3.63, 3.8) is 0 Å². The fourth-order valence-corrected chi connectivity index (χ4v) is 5.60. The van der Waals surface area contributed by atoms with Crippen LogP contribution in [0.2, 0.25) is 0 Å². The number of nitrogens with zero attached hydrogens (tertiary/aromatic N) is 2. The van der Waals surface area contributed by atoms with Gasteiger partial charge in [0.15, 0.2) is 6.20 Å². The molecule has 5 rings (SSSR count). The van der Waals surface area contributed by atoms with Gasteiger partial charge in [0.25, 0.3) is 0 Å². The fourth-order valence-electron chi connectivity index (χ4n) is 5.60. The molecule has 2 aromatic carbocycles. The van der Waals surface area contributed by atoms with E-state index in [0.717, 1.165) is 38.9 Å². The van der Waals surface area contributed by atoms with Gasteiger partial charge in [0.05, 0.1) is 12.1 Å². The van der Waals surface area contributed by atoms with Crippen LogP contribution in [0.25, 0.3) is 38.0 Å². The molecule has 2 aromatic heterocycles. The number of aryl methyl sites for hydroxylation is 2. The first-order valence-electron chi connectivity index (χ1n) is 11.9. The Kier molecular flexibility index (Phi) is 5.25. The molecule has 0 bridgehead atoms. The molecule has 1 aliphatic rings. The van der Waals surface area contributed by atoms with Gasteiger partial charge in [-0.25, -0.2) is 9.41 Å². The zero-order chi connectivity index (χ0) is 22.4. The predicted molar refractivity (Wildman–Crippen MR) is 131 cm³/mol. The van der Waals surface area contributed by atoms with Crippen molar-refractivity contribution in [1.82, 2.24) is 0 Å². The van der Waals surface area contributed by atoms with Gasteiger partial charge in [0.2, 0.25) is 11.4 Å². The van der Waals surface area contributed by atoms with Gasteiger partial charge in [0.1, 0.15) is 18.2 Å². The van der Waals surface area contributed by atoms with Gasteiger partial charge in [0, 0.05) is 22.9 Å². The van der Waals surface area contributed by atoms with Gasteiger partial charge < -0.3 is 4.42 Å². The largest absolute Gasteiger partial charge is 0.466 e. The van der Waals surface area contributed by atoms with Crippen LogP contribution in [-0.4, -0.2) is 0 Å². The Hall–Kier alpha value is -3.12. The van der Waals surface area contributed by atoms with Gasteiger partial charge in [-0.05, 0) is 54.9 Å². The van der Waals surface area contributed by atoms with E-state index in [1.165, 1.54) is 48.8 Å². The van der Waals surface area contributed by atoms with Crippen LogP contribution in [0.1, 0.15) is 74.5 Å². The number of hydrogen-bond acceptors (Lipinski definition) is 1. The van der Waals surface area contributed by atoms with E-state index in [1.807, 2.05) is 6.07 Å². The van der Waals surface area contributed by atoms with Gasteiger partial charge in [-0.15, -0.1) is 0 Å². The third kappa shape index (κ3) is 3.21. The monoisotopic (exact) mass is 423 g/mol. The Morgan fingerprint density at radius 1 is 1.03 bits per heavy atom. The molecular formula is C29H31N2O+. The summed E-state index contributed by atoms with van der Waals surface area (Å²) < 4.78 is 8.77. The number of pyridine rings is 1. The number of benzene rings is 2. The summed E-state index contributed by atoms with van der Waals surface area (Å²) >= 11 is 0. The molecule has 2 heterocycles. The summed E-state index contributed by atoms with van der Waals surface area (Å²) in [6, 6.07) is 12.9. The van der Waals surface area contributed by atoms with Gasteiger partial charge in [-0.2, -0.15) is 0 Å². The third-order valence-electron chi connectivity index (χ3n) is 7.24. The molecule has 0 amide bonds. The highest BCUT2D eigenvalue weighted by Gasteiger charge is 2.28. The van der Waals surface area contributed by atoms with Gasteiger partial charge in [-0.3, -0.25) is 0 Å². The predicted octanol–water partition coefficient (Wildman–Crippen LogP) is 8.11. The number of furan rings is 1. The second-order valence-corrected chi connectivity index (χ2v) is 9.64. The van der Waals surface area contributed by atoms with Crippen molar-refractivity contribution in [2.24, 2.45) is 7.05 Å². The Morgan fingerprint density at radius 3 is 2.50 bits per heavy atom. The molecule has 1 aliphatic carbocycles. The number of aromatic nitrogens is 1. The van der Waals surface area contributed by atoms with Crippen molar-refractivity contribution in [3.8, 4) is 11.3 Å². The van der Waals surface area contributed by atoms with Gasteiger partial charge in [-0.1, -0.05) is 50.8 Å². The molecule has 0 spiro atoms. The molecule has 0 unspecified atom stereocenters. The van der Waals surface area contributed by atoms with Crippen LogP contribution < -0.4 is 4.57 Å². The van der Waals surface area contributed by atoms with Crippen molar-refractivity contribution in [2.45, 2.75) is 64.7 Å². The summed E-state index contributed by atoms with van der Waals surface area (Å²) in [5.41, 5.74) is 8.40. The maximum absolute atomic E-state index is 8.15. The van der Waals surface area contributed by atoms with E-state index in [-0.39, 0.29) is 0 Å². The van der Waals surface area contributed by atoms with Crippen molar-refractivity contribution >= 4 is 27.6 Å². The minimum absolute atomic E-state index is 0.374. The molecule has 0 aliphatic heterocycles. The first kappa shape index (κ1) is 20.8. The van der Waals surface area contributed by atoms with Crippen LogP contribution in [0.15, 0.2) is 47.0 Å². The maximum Gasteiger partial charge on any atom is 0.233 e. The van der Waals surface area contributed by atoms with Crippen LogP contribution in [0.4, 0.5) is 5.69 Å². The van der Waals surface area contributed by atoms with Crippen LogP contribution in [0.3, 0.4) is 0 Å². The lowest BCUT2D eigenvalue weighted by Gasteiger charge is -2.27. The second kappa shape index (κ2) is 8.10. The Morgan fingerprint density at radius 2 is 1.81 bits per heavy atom. The average molecular weight is 424 g/mol. The number of hydrogen-bond donors (Lipinski definition) is 0. The first-order chi connectivity index (χ1) is 15.5. The molecule has 1 fully saturated rings. The molecule has 0 saturated heterocycles. The van der Waals surface area contributed by atoms with Gasteiger partial charge >= 0.3 is 0 Å². The maximum atomic E-state index is 8.15. The fraction of sp³-hybridized carbons (Fsp3) is 0.379. The van der Waals surface area contributed by atoms with E-state index < -0.39 is 0 Å². The lowest BCUT2D eigenvalue weighted by Crippen LogP contribution is -2.30.